The Morgan fingerprint density at radius 2 is 1.59 bits per heavy atom. The number of carbonyl (C=O) groups is 1. The predicted octanol–water partition coefficient (Wildman–Crippen LogP) is 3.52. The maximum absolute atomic E-state index is 11.3. The molecule has 0 spiro atoms. The number of nitrogens with zero attached hydrogens (tertiary/aromatic N) is 1. The van der Waals surface area contributed by atoms with Crippen LogP contribution in [0, 0.1) is 0 Å². The van der Waals surface area contributed by atoms with E-state index in [0.29, 0.717) is 13.0 Å². The number of hydrogen-bond acceptors (Lipinski definition) is 3. The van der Waals surface area contributed by atoms with Gasteiger partial charge in [0.1, 0.15) is 0 Å². The van der Waals surface area contributed by atoms with Crippen molar-refractivity contribution in [2.75, 3.05) is 13.2 Å². The average Bonchev–Trinajstić information content (AvgIpc) is 2.32. The summed E-state index contributed by atoms with van der Waals surface area (Å²) in [6.07, 6.45) is 13.1. The minimum absolute atomic E-state index is 0.0505. The van der Waals surface area contributed by atoms with E-state index < -0.39 is 0 Å². The lowest BCUT2D eigenvalue weighted by atomic mass is 10.1. The highest BCUT2D eigenvalue weighted by Crippen LogP contribution is 2.10. The number of ether oxygens (including phenoxy) is 1. The van der Waals surface area contributed by atoms with Crippen LogP contribution in [0.2, 0.25) is 0 Å². The van der Waals surface area contributed by atoms with Gasteiger partial charge in [-0.05, 0) is 12.8 Å². The maximum atomic E-state index is 11.3. The Kier molecular flexibility index (Phi) is 8.61. The monoisotopic (exact) mass is 239 g/mol. The molecule has 3 heteroatoms. The Bertz CT molecular complexity index is 226. The number of esters is 1. The van der Waals surface area contributed by atoms with Crippen molar-refractivity contribution in [2.45, 2.75) is 64.2 Å². The average molecular weight is 239 g/mol. The van der Waals surface area contributed by atoms with Gasteiger partial charge < -0.3 is 4.74 Å². The van der Waals surface area contributed by atoms with Crippen molar-refractivity contribution in [3.63, 3.8) is 0 Å². The van der Waals surface area contributed by atoms with Crippen molar-refractivity contribution in [3.8, 4) is 0 Å². The molecule has 0 aromatic carbocycles. The van der Waals surface area contributed by atoms with Crippen molar-refractivity contribution in [1.29, 1.82) is 0 Å². The summed E-state index contributed by atoms with van der Waals surface area (Å²) >= 11 is 0. The van der Waals surface area contributed by atoms with E-state index in [0.717, 1.165) is 25.8 Å². The van der Waals surface area contributed by atoms with Crippen molar-refractivity contribution in [1.82, 2.24) is 0 Å². The number of aliphatic imine (C=N–C) groups is 1. The lowest BCUT2D eigenvalue weighted by Gasteiger charge is -2.04. The van der Waals surface area contributed by atoms with Gasteiger partial charge in [-0.15, -0.1) is 0 Å². The molecule has 17 heavy (non-hydrogen) atoms. The number of carbonyl (C=O) groups excluding carboxylic acids is 1. The lowest BCUT2D eigenvalue weighted by Crippen LogP contribution is -2.06. The van der Waals surface area contributed by atoms with Crippen LogP contribution < -0.4 is 0 Å². The molecule has 0 radical (unpaired) electrons. The van der Waals surface area contributed by atoms with Crippen LogP contribution in [0.4, 0.5) is 0 Å². The van der Waals surface area contributed by atoms with Crippen molar-refractivity contribution in [2.24, 2.45) is 4.99 Å². The summed E-state index contributed by atoms with van der Waals surface area (Å²) in [5, 5.41) is 0. The minimum atomic E-state index is -0.0505. The van der Waals surface area contributed by atoms with Crippen LogP contribution in [0.3, 0.4) is 0 Å². The maximum Gasteiger partial charge on any atom is 0.305 e. The summed E-state index contributed by atoms with van der Waals surface area (Å²) in [5.41, 5.74) is 0. The molecule has 0 N–H and O–H groups in total. The summed E-state index contributed by atoms with van der Waals surface area (Å²) in [7, 11) is 0. The van der Waals surface area contributed by atoms with Crippen molar-refractivity contribution < 1.29 is 9.53 Å². The molecular weight excluding hydrogens is 214 g/mol. The van der Waals surface area contributed by atoms with Crippen LogP contribution >= 0.6 is 0 Å². The molecule has 3 nitrogen and oxygen atoms in total. The Hall–Kier alpha value is -0.860. The molecular formula is C14H25NO2. The van der Waals surface area contributed by atoms with Crippen LogP contribution in [0.15, 0.2) is 4.99 Å². The zero-order valence-corrected chi connectivity index (χ0v) is 10.8. The van der Waals surface area contributed by atoms with E-state index in [1.165, 1.54) is 38.5 Å². The molecule has 1 heterocycles. The number of hydrogen-bond donors (Lipinski definition) is 0. The van der Waals surface area contributed by atoms with Crippen LogP contribution in [-0.4, -0.2) is 25.3 Å². The van der Waals surface area contributed by atoms with E-state index in [1.54, 1.807) is 0 Å². The largest absolute Gasteiger partial charge is 0.465 e. The summed E-state index contributed by atoms with van der Waals surface area (Å²) in [6.45, 7) is 1.41. The smallest absolute Gasteiger partial charge is 0.305 e. The molecule has 0 aromatic heterocycles. The lowest BCUT2D eigenvalue weighted by molar-refractivity contribution is -0.143. The van der Waals surface area contributed by atoms with Gasteiger partial charge in [-0.2, -0.15) is 0 Å². The molecule has 0 unspecified atom stereocenters. The third-order valence-corrected chi connectivity index (χ3v) is 3.06. The molecule has 1 aliphatic heterocycles. The normalized spacial score (nSPS) is 22.0. The number of rotatable bonds is 0. The highest BCUT2D eigenvalue weighted by atomic mass is 16.5. The highest BCUT2D eigenvalue weighted by molar-refractivity contribution is 5.69. The Morgan fingerprint density at radius 1 is 0.941 bits per heavy atom. The summed E-state index contributed by atoms with van der Waals surface area (Å²) in [6, 6.07) is 0. The Morgan fingerprint density at radius 3 is 2.35 bits per heavy atom. The first-order chi connectivity index (χ1) is 8.39. The van der Waals surface area contributed by atoms with E-state index in [2.05, 4.69) is 4.99 Å². The third-order valence-electron chi connectivity index (χ3n) is 3.06. The predicted molar refractivity (Wildman–Crippen MR) is 70.5 cm³/mol. The fourth-order valence-corrected chi connectivity index (χ4v) is 2.01. The zero-order chi connectivity index (χ0) is 12.2. The van der Waals surface area contributed by atoms with Gasteiger partial charge >= 0.3 is 5.97 Å². The second-order valence-corrected chi connectivity index (χ2v) is 4.68. The molecule has 1 rings (SSSR count). The van der Waals surface area contributed by atoms with Crippen LogP contribution in [0.5, 0.6) is 0 Å². The Labute approximate surface area is 105 Å². The van der Waals surface area contributed by atoms with E-state index in [4.69, 9.17) is 4.74 Å². The van der Waals surface area contributed by atoms with E-state index in [9.17, 15) is 4.79 Å². The van der Waals surface area contributed by atoms with Crippen LogP contribution in [0.25, 0.3) is 0 Å². The van der Waals surface area contributed by atoms with Crippen LogP contribution in [-0.2, 0) is 9.53 Å². The molecule has 0 atom stereocenters. The molecule has 0 aliphatic carbocycles. The van der Waals surface area contributed by atoms with Gasteiger partial charge in [0.15, 0.2) is 0 Å². The second-order valence-electron chi connectivity index (χ2n) is 4.68. The first-order valence-corrected chi connectivity index (χ1v) is 7.03. The first-order valence-electron chi connectivity index (χ1n) is 7.03. The summed E-state index contributed by atoms with van der Waals surface area (Å²) in [5.74, 6) is -0.0505. The molecule has 0 bridgehead atoms. The quantitative estimate of drug-likeness (QED) is 0.607. The van der Waals surface area contributed by atoms with Crippen molar-refractivity contribution in [3.05, 3.63) is 0 Å². The second kappa shape index (κ2) is 10.3. The van der Waals surface area contributed by atoms with E-state index in [-0.39, 0.29) is 5.97 Å². The molecule has 0 saturated carbocycles. The highest BCUT2D eigenvalue weighted by Gasteiger charge is 2.02. The minimum Gasteiger partial charge on any atom is -0.465 e. The SMILES string of the molecule is O=C1CCCCCCCCCCN=CCCO1. The Balaban J connectivity index is 2.19. The van der Waals surface area contributed by atoms with Gasteiger partial charge in [0, 0.05) is 25.6 Å². The number of cyclic esters (lactones) is 1. The molecule has 0 aromatic rings. The third kappa shape index (κ3) is 8.90. The summed E-state index contributed by atoms with van der Waals surface area (Å²) < 4.78 is 5.11. The molecule has 98 valence electrons. The van der Waals surface area contributed by atoms with E-state index in [1.807, 2.05) is 6.21 Å². The van der Waals surface area contributed by atoms with Gasteiger partial charge in [-0.3, -0.25) is 9.79 Å². The van der Waals surface area contributed by atoms with Gasteiger partial charge in [0.2, 0.25) is 0 Å². The zero-order valence-electron chi connectivity index (χ0n) is 10.8. The van der Waals surface area contributed by atoms with Gasteiger partial charge in [-0.25, -0.2) is 0 Å². The van der Waals surface area contributed by atoms with E-state index >= 15 is 0 Å². The fourth-order valence-electron chi connectivity index (χ4n) is 2.01. The van der Waals surface area contributed by atoms with Crippen molar-refractivity contribution >= 4 is 12.2 Å². The molecule has 0 fully saturated rings. The fraction of sp³-hybridized carbons (Fsp3) is 0.857. The van der Waals surface area contributed by atoms with Gasteiger partial charge in [0.05, 0.1) is 6.61 Å². The molecule has 0 amide bonds. The molecule has 1 aliphatic rings. The van der Waals surface area contributed by atoms with Gasteiger partial charge in [-0.1, -0.05) is 38.5 Å². The topological polar surface area (TPSA) is 38.7 Å². The van der Waals surface area contributed by atoms with Crippen LogP contribution in [0.1, 0.15) is 64.2 Å². The standard InChI is InChI=1S/C14H25NO2/c16-14-10-7-5-3-1-2-4-6-8-11-15-12-9-13-17-14/h12H,1-11,13H2. The summed E-state index contributed by atoms with van der Waals surface area (Å²) in [4.78, 5) is 15.6. The first kappa shape index (κ1) is 14.2. The molecule has 0 saturated heterocycles. The van der Waals surface area contributed by atoms with Gasteiger partial charge in [0.25, 0.3) is 0 Å².